The van der Waals surface area contributed by atoms with E-state index >= 15 is 0 Å². The highest BCUT2D eigenvalue weighted by Crippen LogP contribution is 2.36. The molecular weight excluding hydrogens is 502 g/mol. The van der Waals surface area contributed by atoms with Crippen LogP contribution in [0.4, 0.5) is 0 Å². The van der Waals surface area contributed by atoms with Gasteiger partial charge in [-0.1, -0.05) is 12.1 Å². The summed E-state index contributed by atoms with van der Waals surface area (Å²) >= 11 is 0. The third-order valence-corrected chi connectivity index (χ3v) is 5.74. The van der Waals surface area contributed by atoms with E-state index < -0.39 is 36.1 Å². The Morgan fingerprint density at radius 3 is 2.34 bits per heavy atom. The molecule has 0 saturated carbocycles. The maximum atomic E-state index is 13.1. The van der Waals surface area contributed by atoms with Crippen molar-refractivity contribution >= 4 is 5.78 Å². The Morgan fingerprint density at radius 1 is 0.947 bits per heavy atom. The number of hydrogen-bond donors (Lipinski definition) is 6. The van der Waals surface area contributed by atoms with E-state index in [1.807, 2.05) is 0 Å². The van der Waals surface area contributed by atoms with Gasteiger partial charge in [0.15, 0.2) is 5.78 Å². The molecule has 1 aliphatic heterocycles. The van der Waals surface area contributed by atoms with Crippen LogP contribution in [0.1, 0.15) is 22.3 Å². The Morgan fingerprint density at radius 2 is 1.63 bits per heavy atom. The number of phenolic OH excluding ortho intramolecular Hbond substituents is 2. The number of rotatable bonds is 15. The van der Waals surface area contributed by atoms with Crippen molar-refractivity contribution in [2.24, 2.45) is 5.73 Å². The minimum absolute atomic E-state index is 0.00435. The van der Waals surface area contributed by atoms with Gasteiger partial charge in [0.2, 0.25) is 6.29 Å². The molecule has 12 heteroatoms. The van der Waals surface area contributed by atoms with Crippen LogP contribution in [-0.2, 0) is 20.6 Å². The summed E-state index contributed by atoms with van der Waals surface area (Å²) in [5.41, 5.74) is 5.99. The maximum absolute atomic E-state index is 13.1. The van der Waals surface area contributed by atoms with Gasteiger partial charge in [0.25, 0.3) is 0 Å². The van der Waals surface area contributed by atoms with Gasteiger partial charge >= 0.3 is 0 Å². The summed E-state index contributed by atoms with van der Waals surface area (Å²) in [6, 6.07) is 9.02. The number of aromatic hydroxyl groups is 2. The Balaban J connectivity index is 1.71. The van der Waals surface area contributed by atoms with Crippen molar-refractivity contribution in [3.8, 4) is 23.0 Å². The number of aryl methyl sites for hydroxylation is 1. The normalized spacial score (nSPS) is 21.3. The van der Waals surface area contributed by atoms with Crippen LogP contribution in [0.3, 0.4) is 0 Å². The number of hydrogen-bond acceptors (Lipinski definition) is 12. The molecule has 0 spiro atoms. The van der Waals surface area contributed by atoms with E-state index in [-0.39, 0.29) is 49.1 Å². The van der Waals surface area contributed by atoms with Gasteiger partial charge < -0.3 is 55.0 Å². The number of aliphatic hydroxyl groups excluding tert-OH is 3. The molecule has 1 fully saturated rings. The lowest BCUT2D eigenvalue weighted by Crippen LogP contribution is -2.54. The maximum Gasteiger partial charge on any atom is 0.228 e. The Bertz CT molecular complexity index is 1020. The standard InChI is InChI=1S/C26H35NO11/c27-7-8-34-9-10-35-11-12-36-18-13-20(30)23(19(29)6-3-16-1-4-17(28)5-2-16)22(14-18)38-26-25(33)24(32)21(31)15-37-26/h1-2,4-5,13-14,21,24-26,28,30-33H,3,6-12,15,27H2. The van der Waals surface area contributed by atoms with Gasteiger partial charge in [0.1, 0.15) is 53.5 Å². The molecular formula is C26H35NO11. The highest BCUT2D eigenvalue weighted by atomic mass is 16.7. The number of ketones is 1. The number of aliphatic hydroxyl groups is 3. The molecule has 0 aromatic heterocycles. The molecule has 0 amide bonds. The number of ether oxygens (including phenoxy) is 5. The van der Waals surface area contributed by atoms with Gasteiger partial charge in [-0.2, -0.15) is 0 Å². The van der Waals surface area contributed by atoms with E-state index in [0.29, 0.717) is 32.8 Å². The number of carbonyl (C=O) groups excluding carboxylic acids is 1. The predicted octanol–water partition coefficient (Wildman–Crippen LogP) is 0.102. The highest BCUT2D eigenvalue weighted by molar-refractivity contribution is 6.01. The quantitative estimate of drug-likeness (QED) is 0.133. The fraction of sp³-hybridized carbons (Fsp3) is 0.500. The average molecular weight is 538 g/mol. The van der Waals surface area contributed by atoms with Crippen molar-refractivity contribution < 1.29 is 54.0 Å². The molecule has 1 aliphatic rings. The zero-order valence-corrected chi connectivity index (χ0v) is 20.9. The van der Waals surface area contributed by atoms with Crippen molar-refractivity contribution in [2.75, 3.05) is 46.2 Å². The smallest absolute Gasteiger partial charge is 0.228 e. The van der Waals surface area contributed by atoms with Crippen LogP contribution in [0.5, 0.6) is 23.0 Å². The van der Waals surface area contributed by atoms with Crippen LogP contribution in [0.2, 0.25) is 0 Å². The van der Waals surface area contributed by atoms with Gasteiger partial charge in [0, 0.05) is 25.1 Å². The Hall–Kier alpha value is -2.97. The van der Waals surface area contributed by atoms with Gasteiger partial charge in [0.05, 0.1) is 33.0 Å². The summed E-state index contributed by atoms with van der Waals surface area (Å²) in [6.45, 7) is 1.65. The number of phenols is 2. The van der Waals surface area contributed by atoms with Crippen molar-refractivity contribution in [3.63, 3.8) is 0 Å². The second-order valence-electron chi connectivity index (χ2n) is 8.64. The van der Waals surface area contributed by atoms with E-state index in [1.165, 1.54) is 24.3 Å². The van der Waals surface area contributed by atoms with E-state index in [1.54, 1.807) is 12.1 Å². The SMILES string of the molecule is NCCOCCOCCOc1cc(O)c(C(=O)CCc2ccc(O)cc2)c(OC2OCC(O)C(O)C2O)c1. The number of Topliss-reactive ketones (excluding diaryl/α,β-unsaturated/α-hetero) is 1. The molecule has 38 heavy (non-hydrogen) atoms. The van der Waals surface area contributed by atoms with E-state index in [9.17, 15) is 30.3 Å². The Kier molecular flexibility index (Phi) is 11.5. The van der Waals surface area contributed by atoms with Crippen molar-refractivity contribution in [2.45, 2.75) is 37.4 Å². The third-order valence-electron chi connectivity index (χ3n) is 5.74. The summed E-state index contributed by atoms with van der Waals surface area (Å²) in [4.78, 5) is 13.1. The van der Waals surface area contributed by atoms with Gasteiger partial charge in [-0.15, -0.1) is 0 Å². The number of benzene rings is 2. The fourth-order valence-corrected chi connectivity index (χ4v) is 3.71. The first-order valence-corrected chi connectivity index (χ1v) is 12.3. The minimum Gasteiger partial charge on any atom is -0.508 e. The molecule has 0 radical (unpaired) electrons. The monoisotopic (exact) mass is 537 g/mol. The van der Waals surface area contributed by atoms with Crippen LogP contribution < -0.4 is 15.2 Å². The first kappa shape index (κ1) is 29.6. The molecule has 2 aromatic rings. The summed E-state index contributed by atoms with van der Waals surface area (Å²) < 4.78 is 27.3. The molecule has 7 N–H and O–H groups in total. The second-order valence-corrected chi connectivity index (χ2v) is 8.64. The molecule has 0 bridgehead atoms. The van der Waals surface area contributed by atoms with Crippen molar-refractivity contribution in [3.05, 3.63) is 47.5 Å². The largest absolute Gasteiger partial charge is 0.508 e. The predicted molar refractivity (Wildman–Crippen MR) is 133 cm³/mol. The third kappa shape index (κ3) is 8.53. The first-order valence-electron chi connectivity index (χ1n) is 12.3. The summed E-state index contributed by atoms with van der Waals surface area (Å²) in [5, 5.41) is 50.2. The topological polar surface area (TPSA) is 190 Å². The van der Waals surface area contributed by atoms with Crippen molar-refractivity contribution in [1.29, 1.82) is 0 Å². The summed E-state index contributed by atoms with van der Waals surface area (Å²) in [5.74, 6) is -0.715. The molecule has 1 heterocycles. The highest BCUT2D eigenvalue weighted by Gasteiger charge is 2.39. The van der Waals surface area contributed by atoms with Crippen LogP contribution >= 0.6 is 0 Å². The van der Waals surface area contributed by atoms with Crippen molar-refractivity contribution in [1.82, 2.24) is 0 Å². The zero-order chi connectivity index (χ0) is 27.5. The second kappa shape index (κ2) is 14.8. The summed E-state index contributed by atoms with van der Waals surface area (Å²) in [6.07, 6.45) is -5.52. The van der Waals surface area contributed by atoms with E-state index in [4.69, 9.17) is 29.4 Å². The van der Waals surface area contributed by atoms with Crippen LogP contribution in [0.15, 0.2) is 36.4 Å². The first-order chi connectivity index (χ1) is 18.3. The van der Waals surface area contributed by atoms with E-state index in [2.05, 4.69) is 0 Å². The molecule has 4 atom stereocenters. The fourth-order valence-electron chi connectivity index (χ4n) is 3.71. The molecule has 0 aliphatic carbocycles. The molecule has 4 unspecified atom stereocenters. The lowest BCUT2D eigenvalue weighted by Gasteiger charge is -2.35. The van der Waals surface area contributed by atoms with E-state index in [0.717, 1.165) is 5.56 Å². The zero-order valence-electron chi connectivity index (χ0n) is 20.9. The molecule has 2 aromatic carbocycles. The van der Waals surface area contributed by atoms with Crippen LogP contribution in [0.25, 0.3) is 0 Å². The number of nitrogens with two attached hydrogens (primary N) is 1. The van der Waals surface area contributed by atoms with Gasteiger partial charge in [-0.25, -0.2) is 0 Å². The number of carbonyl (C=O) groups is 1. The molecule has 3 rings (SSSR count). The van der Waals surface area contributed by atoms with Gasteiger partial charge in [-0.05, 0) is 24.1 Å². The molecule has 12 nitrogen and oxygen atoms in total. The minimum atomic E-state index is -1.61. The lowest BCUT2D eigenvalue weighted by atomic mass is 10.0. The average Bonchev–Trinajstić information content (AvgIpc) is 2.90. The lowest BCUT2D eigenvalue weighted by molar-refractivity contribution is -0.242. The molecule has 1 saturated heterocycles. The van der Waals surface area contributed by atoms with Gasteiger partial charge in [-0.3, -0.25) is 4.79 Å². The van der Waals surface area contributed by atoms with Crippen LogP contribution in [0, 0.1) is 0 Å². The Labute approximate surface area is 220 Å². The van der Waals surface area contributed by atoms with Crippen LogP contribution in [-0.4, -0.2) is 102 Å². The molecule has 210 valence electrons. The summed E-state index contributed by atoms with van der Waals surface area (Å²) in [7, 11) is 0.